The Hall–Kier alpha value is -2.32. The highest BCUT2D eigenvalue weighted by Crippen LogP contribution is 2.27. The topological polar surface area (TPSA) is 73.6 Å². The second-order valence-corrected chi connectivity index (χ2v) is 4.59. The van der Waals surface area contributed by atoms with E-state index in [4.69, 9.17) is 16.9 Å². The predicted octanol–water partition coefficient (Wildman–Crippen LogP) is 3.49. The zero-order chi connectivity index (χ0) is 14.5. The predicted molar refractivity (Wildman–Crippen MR) is 80.4 cm³/mol. The van der Waals surface area contributed by atoms with Crippen LogP contribution >= 0.6 is 11.6 Å². The lowest BCUT2D eigenvalue weighted by Crippen LogP contribution is -2.05. The molecule has 1 aromatic heterocycles. The number of halogens is 1. The summed E-state index contributed by atoms with van der Waals surface area (Å²) in [6.45, 7) is 4.64. The molecule has 2 aromatic rings. The fraction of sp³-hybridized carbons (Fsp3) is 0.214. The summed E-state index contributed by atoms with van der Waals surface area (Å²) in [7, 11) is 0. The van der Waals surface area contributed by atoms with Gasteiger partial charge in [0.2, 0.25) is 5.95 Å². The van der Waals surface area contributed by atoms with Gasteiger partial charge in [-0.25, -0.2) is 4.98 Å². The number of aromatic nitrogens is 2. The molecule has 0 radical (unpaired) electrons. The van der Waals surface area contributed by atoms with E-state index in [1.54, 1.807) is 24.4 Å². The van der Waals surface area contributed by atoms with Crippen LogP contribution in [0.5, 0.6) is 0 Å². The molecule has 0 aliphatic carbocycles. The standard InChI is InChI=1S/C14H14ClN5/c1-3-17-14-18-8-9(2)13(20-14)19-12-5-4-10(7-16)6-11(12)15/h4-6,8H,3H2,1-2H3,(H2,17,18,19,20). The van der Waals surface area contributed by atoms with Gasteiger partial charge in [-0.05, 0) is 32.0 Å². The summed E-state index contributed by atoms with van der Waals surface area (Å²) in [6.07, 6.45) is 1.74. The number of nitrogens with zero attached hydrogens (tertiary/aromatic N) is 3. The normalized spacial score (nSPS) is 9.90. The molecule has 0 saturated heterocycles. The van der Waals surface area contributed by atoms with E-state index in [9.17, 15) is 0 Å². The second-order valence-electron chi connectivity index (χ2n) is 4.19. The van der Waals surface area contributed by atoms with Gasteiger partial charge in [0.1, 0.15) is 5.82 Å². The summed E-state index contributed by atoms with van der Waals surface area (Å²) < 4.78 is 0. The highest BCUT2D eigenvalue weighted by Gasteiger charge is 2.07. The Labute approximate surface area is 122 Å². The van der Waals surface area contributed by atoms with Gasteiger partial charge >= 0.3 is 0 Å². The Morgan fingerprint density at radius 1 is 1.40 bits per heavy atom. The van der Waals surface area contributed by atoms with E-state index in [2.05, 4.69) is 20.6 Å². The first-order valence-corrected chi connectivity index (χ1v) is 6.56. The summed E-state index contributed by atoms with van der Waals surface area (Å²) in [5.74, 6) is 1.24. The average molecular weight is 288 g/mol. The van der Waals surface area contributed by atoms with Gasteiger partial charge in [-0.3, -0.25) is 0 Å². The summed E-state index contributed by atoms with van der Waals surface area (Å²) in [5.41, 5.74) is 2.13. The van der Waals surface area contributed by atoms with Gasteiger partial charge in [-0.2, -0.15) is 10.2 Å². The quantitative estimate of drug-likeness (QED) is 0.900. The van der Waals surface area contributed by atoms with Crippen molar-refractivity contribution in [1.82, 2.24) is 9.97 Å². The summed E-state index contributed by atoms with van der Waals surface area (Å²) >= 11 is 6.14. The Kier molecular flexibility index (Phi) is 4.38. The third-order valence-corrected chi connectivity index (χ3v) is 2.97. The van der Waals surface area contributed by atoms with Crippen LogP contribution in [0.1, 0.15) is 18.1 Å². The maximum Gasteiger partial charge on any atom is 0.224 e. The first-order valence-electron chi connectivity index (χ1n) is 6.18. The van der Waals surface area contributed by atoms with Crippen LogP contribution in [0, 0.1) is 18.3 Å². The molecule has 0 aliphatic rings. The Morgan fingerprint density at radius 2 is 2.20 bits per heavy atom. The molecular weight excluding hydrogens is 274 g/mol. The van der Waals surface area contributed by atoms with Gasteiger partial charge in [0.15, 0.2) is 0 Å². The van der Waals surface area contributed by atoms with Crippen LogP contribution < -0.4 is 10.6 Å². The van der Waals surface area contributed by atoms with Crippen molar-refractivity contribution in [2.24, 2.45) is 0 Å². The first kappa shape index (κ1) is 14.1. The van der Waals surface area contributed by atoms with Gasteiger partial charge in [0.25, 0.3) is 0 Å². The van der Waals surface area contributed by atoms with E-state index in [1.807, 2.05) is 19.9 Å². The van der Waals surface area contributed by atoms with Crippen molar-refractivity contribution in [3.63, 3.8) is 0 Å². The van der Waals surface area contributed by atoms with Crippen molar-refractivity contribution in [3.8, 4) is 6.07 Å². The van der Waals surface area contributed by atoms with Crippen molar-refractivity contribution < 1.29 is 0 Å². The second kappa shape index (κ2) is 6.22. The van der Waals surface area contributed by atoms with Crippen LogP contribution in [0.15, 0.2) is 24.4 Å². The van der Waals surface area contributed by atoms with Crippen LogP contribution in [-0.4, -0.2) is 16.5 Å². The maximum absolute atomic E-state index is 8.82. The Balaban J connectivity index is 2.30. The number of nitriles is 1. The van der Waals surface area contributed by atoms with Crippen molar-refractivity contribution in [3.05, 3.63) is 40.5 Å². The lowest BCUT2D eigenvalue weighted by Gasteiger charge is -2.11. The molecule has 2 N–H and O–H groups in total. The van der Waals surface area contributed by atoms with Crippen molar-refractivity contribution >= 4 is 29.1 Å². The third-order valence-electron chi connectivity index (χ3n) is 2.66. The van der Waals surface area contributed by atoms with Gasteiger partial charge < -0.3 is 10.6 Å². The molecule has 0 spiro atoms. The number of rotatable bonds is 4. The molecule has 0 aliphatic heterocycles. The fourth-order valence-electron chi connectivity index (χ4n) is 1.63. The van der Waals surface area contributed by atoms with E-state index in [0.29, 0.717) is 28.0 Å². The van der Waals surface area contributed by atoms with Crippen LogP contribution in [0.4, 0.5) is 17.5 Å². The smallest absolute Gasteiger partial charge is 0.224 e. The largest absolute Gasteiger partial charge is 0.354 e. The first-order chi connectivity index (χ1) is 9.63. The highest BCUT2D eigenvalue weighted by molar-refractivity contribution is 6.33. The fourth-order valence-corrected chi connectivity index (χ4v) is 1.85. The maximum atomic E-state index is 8.82. The number of hydrogen-bond acceptors (Lipinski definition) is 5. The molecule has 102 valence electrons. The number of benzene rings is 1. The summed E-state index contributed by atoms with van der Waals surface area (Å²) in [5, 5.41) is 15.5. The van der Waals surface area contributed by atoms with Crippen molar-refractivity contribution in [2.45, 2.75) is 13.8 Å². The molecule has 0 unspecified atom stereocenters. The van der Waals surface area contributed by atoms with Crippen LogP contribution in [-0.2, 0) is 0 Å². The molecule has 20 heavy (non-hydrogen) atoms. The van der Waals surface area contributed by atoms with E-state index < -0.39 is 0 Å². The molecule has 0 bridgehead atoms. The number of hydrogen-bond donors (Lipinski definition) is 2. The Morgan fingerprint density at radius 3 is 2.85 bits per heavy atom. The molecular formula is C14H14ClN5. The molecule has 6 heteroatoms. The number of aryl methyl sites for hydroxylation is 1. The minimum atomic E-state index is 0.479. The van der Waals surface area contributed by atoms with E-state index in [1.165, 1.54) is 0 Å². The van der Waals surface area contributed by atoms with Gasteiger partial charge in [0, 0.05) is 18.3 Å². The molecule has 0 amide bonds. The van der Waals surface area contributed by atoms with E-state index in [-0.39, 0.29) is 0 Å². The zero-order valence-electron chi connectivity index (χ0n) is 11.2. The minimum Gasteiger partial charge on any atom is -0.354 e. The average Bonchev–Trinajstić information content (AvgIpc) is 2.44. The van der Waals surface area contributed by atoms with Crippen molar-refractivity contribution in [2.75, 3.05) is 17.2 Å². The zero-order valence-corrected chi connectivity index (χ0v) is 12.0. The van der Waals surface area contributed by atoms with E-state index in [0.717, 1.165) is 12.1 Å². The SMILES string of the molecule is CCNc1ncc(C)c(Nc2ccc(C#N)cc2Cl)n1. The van der Waals surface area contributed by atoms with Crippen molar-refractivity contribution in [1.29, 1.82) is 5.26 Å². The summed E-state index contributed by atoms with van der Waals surface area (Å²) in [6, 6.07) is 7.13. The molecule has 0 saturated carbocycles. The lowest BCUT2D eigenvalue weighted by atomic mass is 10.2. The molecule has 0 atom stereocenters. The van der Waals surface area contributed by atoms with Gasteiger partial charge in [-0.15, -0.1) is 0 Å². The third kappa shape index (κ3) is 3.16. The monoisotopic (exact) mass is 287 g/mol. The highest BCUT2D eigenvalue weighted by atomic mass is 35.5. The molecule has 1 heterocycles. The Bertz CT molecular complexity index is 663. The molecule has 5 nitrogen and oxygen atoms in total. The summed E-state index contributed by atoms with van der Waals surface area (Å²) in [4.78, 5) is 8.57. The lowest BCUT2D eigenvalue weighted by molar-refractivity contribution is 1.07. The van der Waals surface area contributed by atoms with Crippen LogP contribution in [0.25, 0.3) is 0 Å². The number of anilines is 3. The minimum absolute atomic E-state index is 0.479. The molecule has 2 rings (SSSR count). The van der Waals surface area contributed by atoms with E-state index >= 15 is 0 Å². The van der Waals surface area contributed by atoms with Gasteiger partial charge in [0.05, 0.1) is 22.3 Å². The molecule has 0 fully saturated rings. The van der Waals surface area contributed by atoms with Crippen LogP contribution in [0.3, 0.4) is 0 Å². The van der Waals surface area contributed by atoms with Gasteiger partial charge in [-0.1, -0.05) is 11.6 Å². The molecule has 1 aromatic carbocycles. The number of nitrogens with one attached hydrogen (secondary N) is 2. The van der Waals surface area contributed by atoms with Crippen LogP contribution in [0.2, 0.25) is 5.02 Å².